The molecule has 0 saturated heterocycles. The summed E-state index contributed by atoms with van der Waals surface area (Å²) < 4.78 is 11.7. The third-order valence-corrected chi connectivity index (χ3v) is 3.59. The molecule has 19 heavy (non-hydrogen) atoms. The van der Waals surface area contributed by atoms with Crippen LogP contribution in [0.3, 0.4) is 0 Å². The second-order valence-corrected chi connectivity index (χ2v) is 7.28. The largest absolute Gasteiger partial charge is 0.379 e. The van der Waals surface area contributed by atoms with E-state index in [0.29, 0.717) is 5.92 Å². The van der Waals surface area contributed by atoms with E-state index in [0.717, 1.165) is 32.8 Å². The molecule has 1 fully saturated rings. The van der Waals surface area contributed by atoms with Crippen molar-refractivity contribution in [3.8, 4) is 0 Å². The molecule has 0 aromatic rings. The molecule has 1 saturated carbocycles. The minimum Gasteiger partial charge on any atom is -0.379 e. The molecule has 3 heteroatoms. The fraction of sp³-hybridized carbons (Fsp3) is 1.00. The molecule has 0 atom stereocenters. The molecular weight excluding hydrogens is 238 g/mol. The molecule has 0 bridgehead atoms. The van der Waals surface area contributed by atoms with Crippen LogP contribution in [0.5, 0.6) is 0 Å². The third kappa shape index (κ3) is 7.28. The van der Waals surface area contributed by atoms with Crippen LogP contribution in [0.15, 0.2) is 0 Å². The molecule has 1 aliphatic carbocycles. The Morgan fingerprint density at radius 1 is 1.16 bits per heavy atom. The number of hydrogen-bond acceptors (Lipinski definition) is 3. The van der Waals surface area contributed by atoms with Gasteiger partial charge in [-0.15, -0.1) is 0 Å². The minimum atomic E-state index is 0.138. The molecule has 0 aromatic heterocycles. The average Bonchev–Trinajstić information content (AvgIpc) is 2.22. The van der Waals surface area contributed by atoms with Crippen molar-refractivity contribution in [1.82, 2.24) is 5.32 Å². The van der Waals surface area contributed by atoms with Crippen molar-refractivity contribution >= 4 is 0 Å². The Balaban J connectivity index is 2.13. The molecule has 3 nitrogen and oxygen atoms in total. The number of rotatable bonds is 9. The number of hydrogen-bond donors (Lipinski definition) is 1. The predicted molar refractivity (Wildman–Crippen MR) is 80.6 cm³/mol. The number of nitrogens with one attached hydrogen (secondary N) is 1. The van der Waals surface area contributed by atoms with Crippen LogP contribution >= 0.6 is 0 Å². The molecule has 1 aliphatic rings. The van der Waals surface area contributed by atoms with Gasteiger partial charge in [0.15, 0.2) is 0 Å². The van der Waals surface area contributed by atoms with Gasteiger partial charge in [0.05, 0.1) is 18.8 Å². The van der Waals surface area contributed by atoms with E-state index in [2.05, 4.69) is 39.9 Å². The Hall–Kier alpha value is -0.120. The summed E-state index contributed by atoms with van der Waals surface area (Å²) in [6.45, 7) is 14.3. The Kier molecular flexibility index (Phi) is 6.78. The first-order chi connectivity index (χ1) is 8.83. The van der Waals surface area contributed by atoms with Gasteiger partial charge in [-0.25, -0.2) is 0 Å². The lowest BCUT2D eigenvalue weighted by Gasteiger charge is -2.42. The van der Waals surface area contributed by atoms with Crippen LogP contribution in [0.4, 0.5) is 0 Å². The van der Waals surface area contributed by atoms with Gasteiger partial charge in [0.1, 0.15) is 0 Å². The second-order valence-electron chi connectivity index (χ2n) is 7.28. The van der Waals surface area contributed by atoms with Gasteiger partial charge in [-0.2, -0.15) is 0 Å². The lowest BCUT2D eigenvalue weighted by atomic mass is 9.77. The molecule has 0 amide bonds. The summed E-state index contributed by atoms with van der Waals surface area (Å²) >= 11 is 0. The average molecular weight is 271 g/mol. The van der Waals surface area contributed by atoms with E-state index in [9.17, 15) is 0 Å². The van der Waals surface area contributed by atoms with Crippen molar-refractivity contribution in [2.45, 2.75) is 71.4 Å². The van der Waals surface area contributed by atoms with E-state index >= 15 is 0 Å². The van der Waals surface area contributed by atoms with Gasteiger partial charge in [0.2, 0.25) is 0 Å². The van der Waals surface area contributed by atoms with Gasteiger partial charge in [-0.3, -0.25) is 0 Å². The number of ether oxygens (including phenoxy) is 2. The Morgan fingerprint density at radius 2 is 1.84 bits per heavy atom. The van der Waals surface area contributed by atoms with E-state index < -0.39 is 0 Å². The zero-order chi connectivity index (χ0) is 14.4. The molecule has 1 rings (SSSR count). The van der Waals surface area contributed by atoms with Crippen LogP contribution < -0.4 is 5.32 Å². The monoisotopic (exact) mass is 271 g/mol. The lowest BCUT2D eigenvalue weighted by molar-refractivity contribution is -0.119. The highest BCUT2D eigenvalue weighted by molar-refractivity contribution is 4.91. The summed E-state index contributed by atoms with van der Waals surface area (Å²) in [5, 5.41) is 3.55. The minimum absolute atomic E-state index is 0.138. The maximum atomic E-state index is 6.10. The first-order valence-corrected chi connectivity index (χ1v) is 7.80. The van der Waals surface area contributed by atoms with Crippen molar-refractivity contribution < 1.29 is 9.47 Å². The van der Waals surface area contributed by atoms with E-state index in [1.165, 1.54) is 19.3 Å². The molecule has 1 N–H and O–H groups in total. The molecular formula is C16H33NO2. The van der Waals surface area contributed by atoms with Crippen molar-refractivity contribution in [2.24, 2.45) is 5.92 Å². The van der Waals surface area contributed by atoms with Crippen LogP contribution in [0.1, 0.15) is 60.3 Å². The summed E-state index contributed by atoms with van der Waals surface area (Å²) in [6, 6.07) is 0. The maximum absolute atomic E-state index is 6.10. The van der Waals surface area contributed by atoms with Crippen molar-refractivity contribution in [3.63, 3.8) is 0 Å². The Labute approximate surface area is 119 Å². The highest BCUT2D eigenvalue weighted by atomic mass is 16.5. The molecule has 0 spiro atoms. The Morgan fingerprint density at radius 3 is 2.32 bits per heavy atom. The standard InChI is InChI=1S/C16H33NO2/c1-14(2)13-18-11-12-19-16(7-6-8-16)9-10-17-15(3,4)5/h14,17H,6-13H2,1-5H3. The zero-order valence-corrected chi connectivity index (χ0v) is 13.6. The molecule has 114 valence electrons. The Bertz CT molecular complexity index is 242. The third-order valence-electron chi connectivity index (χ3n) is 3.59. The van der Waals surface area contributed by atoms with Crippen LogP contribution in [-0.2, 0) is 9.47 Å². The summed E-state index contributed by atoms with van der Waals surface area (Å²) in [5.74, 6) is 0.605. The van der Waals surface area contributed by atoms with Gasteiger partial charge in [-0.05, 0) is 58.9 Å². The quantitative estimate of drug-likeness (QED) is 0.652. The molecule has 0 radical (unpaired) electrons. The van der Waals surface area contributed by atoms with Crippen LogP contribution in [0.25, 0.3) is 0 Å². The topological polar surface area (TPSA) is 30.5 Å². The van der Waals surface area contributed by atoms with Gasteiger partial charge in [0, 0.05) is 12.1 Å². The lowest BCUT2D eigenvalue weighted by Crippen LogP contribution is -2.46. The first kappa shape index (κ1) is 16.9. The van der Waals surface area contributed by atoms with Gasteiger partial charge >= 0.3 is 0 Å². The summed E-state index contributed by atoms with van der Waals surface area (Å²) in [4.78, 5) is 0. The maximum Gasteiger partial charge on any atom is 0.0708 e. The first-order valence-electron chi connectivity index (χ1n) is 7.80. The van der Waals surface area contributed by atoms with Gasteiger partial charge in [0.25, 0.3) is 0 Å². The van der Waals surface area contributed by atoms with Crippen molar-refractivity contribution in [3.05, 3.63) is 0 Å². The molecule has 0 aromatic carbocycles. The molecule has 0 heterocycles. The second kappa shape index (κ2) is 7.61. The fourth-order valence-electron chi connectivity index (χ4n) is 2.34. The summed E-state index contributed by atoms with van der Waals surface area (Å²) in [5.41, 5.74) is 0.338. The van der Waals surface area contributed by atoms with Crippen molar-refractivity contribution in [2.75, 3.05) is 26.4 Å². The molecule has 0 unspecified atom stereocenters. The van der Waals surface area contributed by atoms with E-state index in [1.54, 1.807) is 0 Å². The van der Waals surface area contributed by atoms with Gasteiger partial charge < -0.3 is 14.8 Å². The normalized spacial score (nSPS) is 18.6. The van der Waals surface area contributed by atoms with Gasteiger partial charge in [-0.1, -0.05) is 13.8 Å². The predicted octanol–water partition coefficient (Wildman–Crippen LogP) is 3.38. The molecule has 0 aliphatic heterocycles. The smallest absolute Gasteiger partial charge is 0.0708 e. The highest BCUT2D eigenvalue weighted by Crippen LogP contribution is 2.38. The van der Waals surface area contributed by atoms with E-state index in [-0.39, 0.29) is 11.1 Å². The van der Waals surface area contributed by atoms with E-state index in [1.807, 2.05) is 0 Å². The fourth-order valence-corrected chi connectivity index (χ4v) is 2.34. The van der Waals surface area contributed by atoms with Crippen LogP contribution in [-0.4, -0.2) is 37.5 Å². The summed E-state index contributed by atoms with van der Waals surface area (Å²) in [6.07, 6.45) is 4.85. The highest BCUT2D eigenvalue weighted by Gasteiger charge is 2.37. The van der Waals surface area contributed by atoms with E-state index in [4.69, 9.17) is 9.47 Å². The van der Waals surface area contributed by atoms with Crippen LogP contribution in [0, 0.1) is 5.92 Å². The SMILES string of the molecule is CC(C)COCCOC1(CCNC(C)(C)C)CCC1. The van der Waals surface area contributed by atoms with Crippen LogP contribution in [0.2, 0.25) is 0 Å². The van der Waals surface area contributed by atoms with Crippen molar-refractivity contribution in [1.29, 1.82) is 0 Å². The summed E-state index contributed by atoms with van der Waals surface area (Å²) in [7, 11) is 0. The zero-order valence-electron chi connectivity index (χ0n) is 13.6.